The molecule has 2 aromatic carbocycles. The molecule has 1 heterocycles. The molecule has 1 aromatic heterocycles. The molecular formula is C17H14ClN3O5. The van der Waals surface area contributed by atoms with Crippen molar-refractivity contribution in [3.05, 3.63) is 68.1 Å². The molecule has 0 aliphatic heterocycles. The minimum absolute atomic E-state index is 0.0325. The van der Waals surface area contributed by atoms with Crippen LogP contribution in [0, 0.1) is 10.1 Å². The molecule has 9 heteroatoms. The number of aromatic nitrogens is 2. The van der Waals surface area contributed by atoms with E-state index < -0.39 is 10.9 Å². The number of aryl methyl sites for hydroxylation is 2. The molecule has 0 bridgehead atoms. The van der Waals surface area contributed by atoms with Gasteiger partial charge in [0.25, 0.3) is 5.69 Å². The fourth-order valence-electron chi connectivity index (χ4n) is 2.64. The number of hydrogen-bond acceptors (Lipinski definition) is 5. The standard InChI is InChI=1S/C17H14ClN3O5/c1-19-13-4-2-3-5-14(13)20(17(19)23)9-8-16(22)26-15-7-6-11(21(24)25)10-12(15)18/h2-7,10H,8-9H2,1H3. The van der Waals surface area contributed by atoms with E-state index in [1.165, 1.54) is 21.3 Å². The number of carbonyl (C=O) groups is 1. The highest BCUT2D eigenvalue weighted by Crippen LogP contribution is 2.29. The number of nitrogens with zero attached hydrogens (tertiary/aromatic N) is 3. The number of halogens is 1. The van der Waals surface area contributed by atoms with Crippen molar-refractivity contribution in [1.82, 2.24) is 9.13 Å². The molecule has 134 valence electrons. The number of non-ortho nitro benzene ring substituents is 1. The Bertz CT molecular complexity index is 1070. The first-order chi connectivity index (χ1) is 12.4. The summed E-state index contributed by atoms with van der Waals surface area (Å²) in [6.45, 7) is 0.142. The van der Waals surface area contributed by atoms with Crippen molar-refractivity contribution in [3.8, 4) is 5.75 Å². The summed E-state index contributed by atoms with van der Waals surface area (Å²) in [6, 6.07) is 10.8. The Morgan fingerprint density at radius 3 is 2.58 bits per heavy atom. The number of esters is 1. The minimum atomic E-state index is -0.597. The van der Waals surface area contributed by atoms with E-state index in [1.807, 2.05) is 18.2 Å². The summed E-state index contributed by atoms with van der Waals surface area (Å²) in [5, 5.41) is 10.7. The van der Waals surface area contributed by atoms with Crippen LogP contribution >= 0.6 is 11.6 Å². The average molecular weight is 376 g/mol. The Hall–Kier alpha value is -3.13. The van der Waals surface area contributed by atoms with E-state index in [-0.39, 0.29) is 35.1 Å². The summed E-state index contributed by atoms with van der Waals surface area (Å²) in [4.78, 5) is 34.5. The number of para-hydroxylation sites is 2. The van der Waals surface area contributed by atoms with Crippen LogP contribution in [-0.4, -0.2) is 20.0 Å². The zero-order valence-corrected chi connectivity index (χ0v) is 14.5. The molecule has 26 heavy (non-hydrogen) atoms. The molecule has 3 rings (SSSR count). The summed E-state index contributed by atoms with van der Waals surface area (Å²) < 4.78 is 8.15. The Kier molecular flexibility index (Phi) is 4.77. The highest BCUT2D eigenvalue weighted by molar-refractivity contribution is 6.32. The first-order valence-electron chi connectivity index (χ1n) is 7.67. The van der Waals surface area contributed by atoms with Gasteiger partial charge in [0.2, 0.25) is 0 Å². The molecule has 8 nitrogen and oxygen atoms in total. The summed E-state index contributed by atoms with van der Waals surface area (Å²) in [6.07, 6.45) is -0.0543. The van der Waals surface area contributed by atoms with Crippen molar-refractivity contribution in [1.29, 1.82) is 0 Å². The number of imidazole rings is 1. The molecule has 0 saturated carbocycles. The molecule has 0 saturated heterocycles. The predicted molar refractivity (Wildman–Crippen MR) is 95.5 cm³/mol. The third-order valence-electron chi connectivity index (χ3n) is 3.94. The molecule has 0 fully saturated rings. The lowest BCUT2D eigenvalue weighted by atomic mass is 10.3. The van der Waals surface area contributed by atoms with Crippen molar-refractivity contribution in [2.45, 2.75) is 13.0 Å². The number of hydrogen-bond donors (Lipinski definition) is 0. The maximum atomic E-state index is 12.3. The van der Waals surface area contributed by atoms with Crippen LogP contribution in [0.25, 0.3) is 11.0 Å². The number of rotatable bonds is 5. The lowest BCUT2D eigenvalue weighted by Crippen LogP contribution is -2.24. The van der Waals surface area contributed by atoms with Gasteiger partial charge in [0.15, 0.2) is 0 Å². The lowest BCUT2D eigenvalue weighted by Gasteiger charge is -2.07. The van der Waals surface area contributed by atoms with E-state index in [1.54, 1.807) is 13.1 Å². The smallest absolute Gasteiger partial charge is 0.328 e. The van der Waals surface area contributed by atoms with Crippen LogP contribution in [0.15, 0.2) is 47.3 Å². The summed E-state index contributed by atoms with van der Waals surface area (Å²) in [5.41, 5.74) is 1.06. The molecule has 0 atom stereocenters. The van der Waals surface area contributed by atoms with Gasteiger partial charge in [0.1, 0.15) is 5.75 Å². The second-order valence-electron chi connectivity index (χ2n) is 5.58. The fourth-order valence-corrected chi connectivity index (χ4v) is 2.86. The zero-order chi connectivity index (χ0) is 18.8. The third kappa shape index (κ3) is 3.31. The van der Waals surface area contributed by atoms with E-state index in [0.717, 1.165) is 17.1 Å². The first-order valence-corrected chi connectivity index (χ1v) is 8.05. The Morgan fingerprint density at radius 2 is 1.92 bits per heavy atom. The largest absolute Gasteiger partial charge is 0.425 e. The summed E-state index contributed by atoms with van der Waals surface area (Å²) in [7, 11) is 1.66. The van der Waals surface area contributed by atoms with Crippen LogP contribution in [-0.2, 0) is 18.4 Å². The molecule has 0 radical (unpaired) electrons. The van der Waals surface area contributed by atoms with Gasteiger partial charge < -0.3 is 4.74 Å². The van der Waals surface area contributed by atoms with Gasteiger partial charge in [-0.25, -0.2) is 4.79 Å². The van der Waals surface area contributed by atoms with Crippen molar-refractivity contribution in [2.24, 2.45) is 7.05 Å². The van der Waals surface area contributed by atoms with Gasteiger partial charge in [0.05, 0.1) is 27.4 Å². The van der Waals surface area contributed by atoms with Gasteiger partial charge >= 0.3 is 11.7 Å². The number of nitro groups is 1. The van der Waals surface area contributed by atoms with Gasteiger partial charge in [-0.05, 0) is 18.2 Å². The fraction of sp³-hybridized carbons (Fsp3) is 0.176. The molecule has 0 aliphatic rings. The average Bonchev–Trinajstić information content (AvgIpc) is 2.86. The number of fused-ring (bicyclic) bond motifs is 1. The van der Waals surface area contributed by atoms with Crippen LogP contribution < -0.4 is 10.4 Å². The molecular weight excluding hydrogens is 362 g/mol. The van der Waals surface area contributed by atoms with Gasteiger partial charge in [-0.15, -0.1) is 0 Å². The van der Waals surface area contributed by atoms with Gasteiger partial charge in [-0.3, -0.25) is 24.0 Å². The molecule has 0 amide bonds. The van der Waals surface area contributed by atoms with E-state index in [4.69, 9.17) is 16.3 Å². The third-order valence-corrected chi connectivity index (χ3v) is 4.24. The number of benzene rings is 2. The van der Waals surface area contributed by atoms with Gasteiger partial charge in [-0.1, -0.05) is 23.7 Å². The van der Waals surface area contributed by atoms with Crippen LogP contribution in [0.2, 0.25) is 5.02 Å². The minimum Gasteiger partial charge on any atom is -0.425 e. The maximum Gasteiger partial charge on any atom is 0.328 e. The molecule has 0 spiro atoms. The Labute approximate surface area is 152 Å². The van der Waals surface area contributed by atoms with Gasteiger partial charge in [0, 0.05) is 25.7 Å². The Balaban J connectivity index is 1.73. The number of carbonyl (C=O) groups excluding carboxylic acids is 1. The van der Waals surface area contributed by atoms with E-state index in [0.29, 0.717) is 0 Å². The Morgan fingerprint density at radius 1 is 1.23 bits per heavy atom. The molecule has 0 unspecified atom stereocenters. The molecule has 3 aromatic rings. The number of ether oxygens (including phenoxy) is 1. The van der Waals surface area contributed by atoms with Gasteiger partial charge in [-0.2, -0.15) is 0 Å². The number of nitro benzene ring substituents is 1. The zero-order valence-electron chi connectivity index (χ0n) is 13.7. The highest BCUT2D eigenvalue weighted by Gasteiger charge is 2.15. The van der Waals surface area contributed by atoms with Crippen LogP contribution in [0.4, 0.5) is 5.69 Å². The second kappa shape index (κ2) is 7.01. The second-order valence-corrected chi connectivity index (χ2v) is 5.99. The SMILES string of the molecule is Cn1c(=O)n(CCC(=O)Oc2ccc([N+](=O)[O-])cc2Cl)c2ccccc21. The van der Waals surface area contributed by atoms with Crippen LogP contribution in [0.5, 0.6) is 5.75 Å². The van der Waals surface area contributed by atoms with E-state index in [2.05, 4.69) is 0 Å². The van der Waals surface area contributed by atoms with E-state index in [9.17, 15) is 19.7 Å². The molecule has 0 N–H and O–H groups in total. The monoisotopic (exact) mass is 375 g/mol. The highest BCUT2D eigenvalue weighted by atomic mass is 35.5. The topological polar surface area (TPSA) is 96.4 Å². The summed E-state index contributed by atoms with van der Waals surface area (Å²) >= 11 is 5.90. The maximum absolute atomic E-state index is 12.3. The predicted octanol–water partition coefficient (Wildman–Crippen LogP) is 2.90. The van der Waals surface area contributed by atoms with E-state index >= 15 is 0 Å². The first kappa shape index (κ1) is 17.7. The van der Waals surface area contributed by atoms with Crippen molar-refractivity contribution in [3.63, 3.8) is 0 Å². The van der Waals surface area contributed by atoms with Crippen molar-refractivity contribution in [2.75, 3.05) is 0 Å². The summed E-state index contributed by atoms with van der Waals surface area (Å²) in [5.74, 6) is -0.562. The quantitative estimate of drug-likeness (QED) is 0.295. The van der Waals surface area contributed by atoms with Crippen LogP contribution in [0.3, 0.4) is 0 Å². The van der Waals surface area contributed by atoms with Crippen molar-refractivity contribution < 1.29 is 14.5 Å². The molecule has 0 aliphatic carbocycles. The van der Waals surface area contributed by atoms with Crippen LogP contribution in [0.1, 0.15) is 6.42 Å². The lowest BCUT2D eigenvalue weighted by molar-refractivity contribution is -0.384. The van der Waals surface area contributed by atoms with Crippen molar-refractivity contribution >= 4 is 34.3 Å². The normalized spacial score (nSPS) is 10.8.